The van der Waals surface area contributed by atoms with E-state index in [1.54, 1.807) is 23.8 Å². The number of fused-ring (bicyclic) bond motifs is 1. The van der Waals surface area contributed by atoms with Crippen LogP contribution < -0.4 is 0 Å². The summed E-state index contributed by atoms with van der Waals surface area (Å²) in [6, 6.07) is 5.68. The normalized spacial score (nSPS) is 16.3. The van der Waals surface area contributed by atoms with Crippen molar-refractivity contribution in [3.8, 4) is 0 Å². The van der Waals surface area contributed by atoms with E-state index < -0.39 is 0 Å². The number of methoxy groups -OCH3 is 1. The van der Waals surface area contributed by atoms with Crippen LogP contribution >= 0.6 is 27.7 Å². The van der Waals surface area contributed by atoms with Gasteiger partial charge in [-0.3, -0.25) is 19.3 Å². The van der Waals surface area contributed by atoms with Crippen LogP contribution in [0.5, 0.6) is 0 Å². The molecule has 1 fully saturated rings. The van der Waals surface area contributed by atoms with E-state index in [0.717, 1.165) is 32.7 Å². The monoisotopic (exact) mass is 422 g/mol. The highest BCUT2D eigenvalue weighted by molar-refractivity contribution is 9.10. The Morgan fingerprint density at radius 1 is 1.36 bits per heavy atom. The number of aromatic nitrogens is 1. The fraction of sp³-hybridized carbons (Fsp3) is 0.235. The number of benzene rings is 1. The predicted molar refractivity (Wildman–Crippen MR) is 100 cm³/mol. The first-order chi connectivity index (χ1) is 11.9. The van der Waals surface area contributed by atoms with Crippen molar-refractivity contribution in [3.05, 3.63) is 39.3 Å². The number of hydrogen-bond acceptors (Lipinski definition) is 5. The van der Waals surface area contributed by atoms with Gasteiger partial charge in [0.05, 0.1) is 12.0 Å². The second-order valence-corrected chi connectivity index (χ2v) is 7.28. The Bertz CT molecular complexity index is 919. The molecule has 1 aliphatic heterocycles. The van der Waals surface area contributed by atoms with E-state index in [4.69, 9.17) is 4.74 Å². The fourth-order valence-electron chi connectivity index (χ4n) is 2.66. The zero-order chi connectivity index (χ0) is 18.1. The SMILES string of the molecule is CCN1C(=O)S/C(=C\c2cn(CC(=O)OC)c3ccc(Br)cc23)C1=O. The molecule has 1 aliphatic rings. The van der Waals surface area contributed by atoms with Crippen LogP contribution in [-0.4, -0.2) is 40.2 Å². The van der Waals surface area contributed by atoms with Gasteiger partial charge >= 0.3 is 5.97 Å². The number of ether oxygens (including phenoxy) is 1. The smallest absolute Gasteiger partial charge is 0.325 e. The van der Waals surface area contributed by atoms with E-state index in [0.29, 0.717) is 11.4 Å². The summed E-state index contributed by atoms with van der Waals surface area (Å²) in [5.74, 6) is -0.654. The lowest BCUT2D eigenvalue weighted by Crippen LogP contribution is -2.27. The quantitative estimate of drug-likeness (QED) is 0.555. The van der Waals surface area contributed by atoms with Crippen LogP contribution in [0.4, 0.5) is 4.79 Å². The largest absolute Gasteiger partial charge is 0.468 e. The summed E-state index contributed by atoms with van der Waals surface area (Å²) in [5.41, 5.74) is 1.61. The molecule has 3 rings (SSSR count). The van der Waals surface area contributed by atoms with Crippen LogP contribution in [0.15, 0.2) is 33.8 Å². The molecule has 1 aromatic heterocycles. The van der Waals surface area contributed by atoms with Gasteiger partial charge < -0.3 is 9.30 Å². The van der Waals surface area contributed by atoms with Crippen LogP contribution in [0.1, 0.15) is 12.5 Å². The number of hydrogen-bond donors (Lipinski definition) is 0. The molecule has 6 nitrogen and oxygen atoms in total. The highest BCUT2D eigenvalue weighted by atomic mass is 79.9. The molecule has 1 saturated heterocycles. The minimum Gasteiger partial charge on any atom is -0.468 e. The standard InChI is InChI=1S/C17H15BrN2O4S/c1-3-20-16(22)14(25-17(20)23)6-10-8-19(9-15(21)24-2)13-5-4-11(18)7-12(10)13/h4-8H,3,9H2,1-2H3/b14-6-. The third kappa shape index (κ3) is 3.36. The van der Waals surface area contributed by atoms with Crippen molar-refractivity contribution in [1.82, 2.24) is 9.47 Å². The Labute approximate surface area is 156 Å². The summed E-state index contributed by atoms with van der Waals surface area (Å²) < 4.78 is 7.38. The molecule has 2 amide bonds. The molecule has 0 radical (unpaired) electrons. The van der Waals surface area contributed by atoms with Crippen molar-refractivity contribution in [3.63, 3.8) is 0 Å². The van der Waals surface area contributed by atoms with Crippen LogP contribution in [0.25, 0.3) is 17.0 Å². The number of halogens is 1. The van der Waals surface area contributed by atoms with Crippen LogP contribution in [0.2, 0.25) is 0 Å². The maximum atomic E-state index is 12.3. The molecular formula is C17H15BrN2O4S. The van der Waals surface area contributed by atoms with E-state index in [1.807, 2.05) is 18.2 Å². The third-order valence-corrected chi connectivity index (χ3v) is 5.28. The first kappa shape index (κ1) is 17.8. The van der Waals surface area contributed by atoms with Crippen LogP contribution in [0.3, 0.4) is 0 Å². The van der Waals surface area contributed by atoms with Crippen LogP contribution in [0, 0.1) is 0 Å². The summed E-state index contributed by atoms with van der Waals surface area (Å²) in [6.07, 6.45) is 3.48. The Morgan fingerprint density at radius 3 is 2.76 bits per heavy atom. The van der Waals surface area contributed by atoms with Crippen molar-refractivity contribution >= 4 is 61.8 Å². The highest BCUT2D eigenvalue weighted by Crippen LogP contribution is 2.34. The molecule has 8 heteroatoms. The Morgan fingerprint density at radius 2 is 2.12 bits per heavy atom. The predicted octanol–water partition coefficient (Wildman–Crippen LogP) is 3.63. The van der Waals surface area contributed by atoms with Gasteiger partial charge in [-0.25, -0.2) is 0 Å². The minimum absolute atomic E-state index is 0.0684. The number of thioether (sulfide) groups is 1. The molecule has 0 N–H and O–H groups in total. The molecular weight excluding hydrogens is 408 g/mol. The maximum Gasteiger partial charge on any atom is 0.325 e. The zero-order valence-electron chi connectivity index (χ0n) is 13.6. The van der Waals surface area contributed by atoms with Gasteiger partial charge in [-0.05, 0) is 43.0 Å². The Hall–Kier alpha value is -2.06. The maximum absolute atomic E-state index is 12.3. The second kappa shape index (κ2) is 7.05. The van der Waals surface area contributed by atoms with Crippen molar-refractivity contribution in [2.45, 2.75) is 13.5 Å². The van der Waals surface area contributed by atoms with Gasteiger partial charge in [-0.1, -0.05) is 15.9 Å². The van der Waals surface area contributed by atoms with Crippen LogP contribution in [-0.2, 0) is 20.9 Å². The first-order valence-electron chi connectivity index (χ1n) is 7.55. The lowest BCUT2D eigenvalue weighted by Gasteiger charge is -2.06. The molecule has 0 spiro atoms. The average Bonchev–Trinajstić information content (AvgIpc) is 3.04. The summed E-state index contributed by atoms with van der Waals surface area (Å²) in [5, 5.41) is 0.611. The lowest BCUT2D eigenvalue weighted by atomic mass is 10.1. The minimum atomic E-state index is -0.363. The van der Waals surface area contributed by atoms with E-state index in [-0.39, 0.29) is 23.7 Å². The van der Waals surface area contributed by atoms with Gasteiger partial charge in [0.25, 0.3) is 11.1 Å². The molecule has 0 atom stereocenters. The molecule has 2 aromatic rings. The summed E-state index contributed by atoms with van der Waals surface area (Å²) >= 11 is 4.37. The molecule has 2 heterocycles. The molecule has 0 bridgehead atoms. The number of likely N-dealkylation sites (N-methyl/N-ethyl adjacent to an activating group) is 1. The third-order valence-electron chi connectivity index (χ3n) is 3.88. The molecule has 130 valence electrons. The highest BCUT2D eigenvalue weighted by Gasteiger charge is 2.33. The molecule has 1 aromatic carbocycles. The van der Waals surface area contributed by atoms with E-state index in [9.17, 15) is 14.4 Å². The van der Waals surface area contributed by atoms with E-state index in [1.165, 1.54) is 12.0 Å². The Balaban J connectivity index is 2.09. The van der Waals surface area contributed by atoms with Gasteiger partial charge in [-0.15, -0.1) is 0 Å². The summed E-state index contributed by atoms with van der Waals surface area (Å²) in [4.78, 5) is 37.4. The van der Waals surface area contributed by atoms with Crippen molar-refractivity contribution in [1.29, 1.82) is 0 Å². The van der Waals surface area contributed by atoms with Gasteiger partial charge in [0.15, 0.2) is 0 Å². The number of carbonyl (C=O) groups is 3. The van der Waals surface area contributed by atoms with Gasteiger partial charge in [0.2, 0.25) is 0 Å². The average molecular weight is 423 g/mol. The van der Waals surface area contributed by atoms with Gasteiger partial charge in [0, 0.05) is 33.7 Å². The van der Waals surface area contributed by atoms with Crippen molar-refractivity contribution < 1.29 is 19.1 Å². The number of amides is 2. The molecule has 0 saturated carbocycles. The molecule has 0 aliphatic carbocycles. The summed E-state index contributed by atoms with van der Waals surface area (Å²) in [7, 11) is 1.34. The lowest BCUT2D eigenvalue weighted by molar-refractivity contribution is -0.141. The summed E-state index contributed by atoms with van der Waals surface area (Å²) in [6.45, 7) is 2.18. The van der Waals surface area contributed by atoms with Crippen molar-refractivity contribution in [2.24, 2.45) is 0 Å². The van der Waals surface area contributed by atoms with Crippen molar-refractivity contribution in [2.75, 3.05) is 13.7 Å². The number of rotatable bonds is 4. The number of esters is 1. The van der Waals surface area contributed by atoms with E-state index >= 15 is 0 Å². The topological polar surface area (TPSA) is 68.6 Å². The number of imide groups is 1. The second-order valence-electron chi connectivity index (χ2n) is 5.38. The number of carbonyl (C=O) groups excluding carboxylic acids is 3. The van der Waals surface area contributed by atoms with Gasteiger partial charge in [-0.2, -0.15) is 0 Å². The number of nitrogens with zero attached hydrogens (tertiary/aromatic N) is 2. The fourth-order valence-corrected chi connectivity index (χ4v) is 3.92. The van der Waals surface area contributed by atoms with E-state index in [2.05, 4.69) is 15.9 Å². The molecule has 0 unspecified atom stereocenters. The first-order valence-corrected chi connectivity index (χ1v) is 9.16. The van der Waals surface area contributed by atoms with Gasteiger partial charge in [0.1, 0.15) is 6.54 Å². The zero-order valence-corrected chi connectivity index (χ0v) is 16.0. The Kier molecular flexibility index (Phi) is 5.01. The molecule has 25 heavy (non-hydrogen) atoms.